The van der Waals surface area contributed by atoms with E-state index < -0.39 is 12.1 Å². The lowest BCUT2D eigenvalue weighted by molar-refractivity contribution is -0.217. The van der Waals surface area contributed by atoms with Gasteiger partial charge < -0.3 is 9.84 Å². The predicted octanol–water partition coefficient (Wildman–Crippen LogP) is 3.69. The van der Waals surface area contributed by atoms with Gasteiger partial charge in [0.25, 0.3) is 0 Å². The average Bonchev–Trinajstić information content (AvgIpc) is 2.48. The molecule has 0 aromatic rings. The number of aliphatic hydroxyl groups is 1. The first-order valence-electron chi connectivity index (χ1n) is 9.35. The second kappa shape index (κ2) is 4.96. The van der Waals surface area contributed by atoms with Gasteiger partial charge in [-0.25, -0.2) is 4.79 Å². The summed E-state index contributed by atoms with van der Waals surface area (Å²) in [6.07, 6.45) is 10.1. The molecule has 0 radical (unpaired) electrons. The van der Waals surface area contributed by atoms with Crippen molar-refractivity contribution in [3.05, 3.63) is 0 Å². The molecule has 1 aliphatic heterocycles. The maximum atomic E-state index is 11.8. The predicted molar refractivity (Wildman–Crippen MR) is 84.1 cm³/mol. The van der Waals surface area contributed by atoms with E-state index in [1.165, 1.54) is 44.9 Å². The van der Waals surface area contributed by atoms with E-state index >= 15 is 0 Å². The van der Waals surface area contributed by atoms with Gasteiger partial charge in [0, 0.05) is 5.92 Å². The maximum absolute atomic E-state index is 11.8. The van der Waals surface area contributed by atoms with Crippen LogP contribution in [0.25, 0.3) is 0 Å². The normalized spacial score (nSPS) is 54.7. The van der Waals surface area contributed by atoms with Crippen molar-refractivity contribution in [2.45, 2.75) is 83.3 Å². The summed E-state index contributed by atoms with van der Waals surface area (Å²) in [4.78, 5) is 11.8. The van der Waals surface area contributed by atoms with Crippen molar-refractivity contribution in [3.63, 3.8) is 0 Å². The third kappa shape index (κ3) is 2.00. The van der Waals surface area contributed by atoms with E-state index in [1.54, 1.807) is 0 Å². The zero-order valence-electron chi connectivity index (χ0n) is 14.0. The molecule has 1 saturated heterocycles. The molecule has 0 aromatic carbocycles. The molecule has 4 rings (SSSR count). The molecule has 1 N–H and O–H groups in total. The molecule has 3 nitrogen and oxygen atoms in total. The largest absolute Gasteiger partial charge is 0.457 e. The number of carbonyl (C=O) groups is 1. The van der Waals surface area contributed by atoms with E-state index in [2.05, 4.69) is 13.8 Å². The van der Waals surface area contributed by atoms with Gasteiger partial charge >= 0.3 is 5.97 Å². The topological polar surface area (TPSA) is 46.5 Å². The zero-order chi connectivity index (χ0) is 15.5. The summed E-state index contributed by atoms with van der Waals surface area (Å²) in [7, 11) is 0. The fourth-order valence-corrected chi connectivity index (χ4v) is 6.77. The van der Waals surface area contributed by atoms with Crippen LogP contribution >= 0.6 is 0 Å². The highest BCUT2D eigenvalue weighted by Gasteiger charge is 2.59. The van der Waals surface area contributed by atoms with Crippen LogP contribution in [0.5, 0.6) is 0 Å². The Bertz CT molecular complexity index is 475. The first-order chi connectivity index (χ1) is 10.4. The minimum atomic E-state index is -0.895. The number of hydrogen-bond acceptors (Lipinski definition) is 3. The second-order valence-electron chi connectivity index (χ2n) is 8.93. The summed E-state index contributed by atoms with van der Waals surface area (Å²) in [5.41, 5.74) is 0.171. The quantitative estimate of drug-likeness (QED) is 0.694. The summed E-state index contributed by atoms with van der Waals surface area (Å²) in [6.45, 7) is 4.66. The van der Waals surface area contributed by atoms with Crippen LogP contribution in [0.3, 0.4) is 0 Å². The molecule has 3 saturated carbocycles. The van der Waals surface area contributed by atoms with Crippen LogP contribution in [-0.4, -0.2) is 22.8 Å². The average molecular weight is 306 g/mol. The fraction of sp³-hybridized carbons (Fsp3) is 0.947. The highest BCUT2D eigenvalue weighted by Crippen LogP contribution is 2.63. The van der Waals surface area contributed by atoms with E-state index in [-0.39, 0.29) is 5.60 Å². The first kappa shape index (κ1) is 15.0. The molecule has 1 heterocycles. The first-order valence-corrected chi connectivity index (χ1v) is 9.35. The van der Waals surface area contributed by atoms with Gasteiger partial charge in [-0.1, -0.05) is 19.8 Å². The third-order valence-corrected chi connectivity index (χ3v) is 8.00. The molecule has 22 heavy (non-hydrogen) atoms. The van der Waals surface area contributed by atoms with Crippen LogP contribution < -0.4 is 0 Å². The van der Waals surface area contributed by atoms with Gasteiger partial charge in [0.15, 0.2) is 6.10 Å². The van der Waals surface area contributed by atoms with Gasteiger partial charge in [-0.2, -0.15) is 0 Å². The Hall–Kier alpha value is -0.570. The molecule has 0 spiro atoms. The van der Waals surface area contributed by atoms with Gasteiger partial charge in [-0.3, -0.25) is 0 Å². The van der Waals surface area contributed by atoms with E-state index in [4.69, 9.17) is 4.74 Å². The minimum Gasteiger partial charge on any atom is -0.457 e. The lowest BCUT2D eigenvalue weighted by Gasteiger charge is -2.61. The van der Waals surface area contributed by atoms with E-state index in [1.807, 2.05) is 0 Å². The van der Waals surface area contributed by atoms with Gasteiger partial charge in [0.05, 0.1) is 0 Å². The summed E-state index contributed by atoms with van der Waals surface area (Å²) >= 11 is 0. The summed E-state index contributed by atoms with van der Waals surface area (Å²) in [5.74, 6) is 2.28. The van der Waals surface area contributed by atoms with Crippen molar-refractivity contribution in [3.8, 4) is 0 Å². The smallest absolute Gasteiger partial charge is 0.335 e. The highest BCUT2D eigenvalue weighted by atomic mass is 16.6. The lowest BCUT2D eigenvalue weighted by atomic mass is 9.46. The summed E-state index contributed by atoms with van der Waals surface area (Å²) in [6, 6.07) is 0. The maximum Gasteiger partial charge on any atom is 0.335 e. The second-order valence-corrected chi connectivity index (χ2v) is 8.93. The Kier molecular flexibility index (Phi) is 3.38. The minimum absolute atomic E-state index is 0.324. The Balaban J connectivity index is 1.64. The molecular formula is C19H30O3. The highest BCUT2D eigenvalue weighted by molar-refractivity contribution is 5.75. The molecule has 0 unspecified atom stereocenters. The molecular weight excluding hydrogens is 276 g/mol. The lowest BCUT2D eigenvalue weighted by Crippen LogP contribution is -2.60. The molecule has 0 aromatic heterocycles. The standard InChI is InChI=1S/C19H30O3/c1-18-9-4-3-5-12(18)6-7-13-14(18)8-10-19(2)15(13)11-16(20)17(21)22-19/h12-16,20H,3-11H2,1-2H3/t12-,13-,14+,15+,16-,18+,19+/m1/s1. The number of aliphatic hydroxyl groups excluding tert-OH is 1. The zero-order valence-corrected chi connectivity index (χ0v) is 14.0. The summed E-state index contributed by atoms with van der Waals surface area (Å²) < 4.78 is 5.72. The van der Waals surface area contributed by atoms with Crippen molar-refractivity contribution in [1.29, 1.82) is 0 Å². The molecule has 4 fully saturated rings. The van der Waals surface area contributed by atoms with Crippen LogP contribution in [0.15, 0.2) is 0 Å². The van der Waals surface area contributed by atoms with Crippen LogP contribution in [0.1, 0.15) is 71.6 Å². The Labute approximate surface area is 133 Å². The Morgan fingerprint density at radius 1 is 1.05 bits per heavy atom. The number of ether oxygens (including phenoxy) is 1. The number of rotatable bonds is 0. The van der Waals surface area contributed by atoms with Crippen molar-refractivity contribution >= 4 is 5.97 Å². The van der Waals surface area contributed by atoms with Gasteiger partial charge in [-0.15, -0.1) is 0 Å². The van der Waals surface area contributed by atoms with E-state index in [0.29, 0.717) is 23.7 Å². The van der Waals surface area contributed by atoms with Gasteiger partial charge in [-0.05, 0) is 75.0 Å². The van der Waals surface area contributed by atoms with Crippen LogP contribution in [0, 0.1) is 29.1 Å². The molecule has 3 heteroatoms. The molecule has 7 atom stereocenters. The fourth-order valence-electron chi connectivity index (χ4n) is 6.77. The van der Waals surface area contributed by atoms with Gasteiger partial charge in [0.1, 0.15) is 5.60 Å². The Morgan fingerprint density at radius 3 is 2.68 bits per heavy atom. The number of carbonyl (C=O) groups excluding carboxylic acids is 1. The van der Waals surface area contributed by atoms with Crippen molar-refractivity contribution in [2.75, 3.05) is 0 Å². The van der Waals surface area contributed by atoms with Crippen LogP contribution in [0.4, 0.5) is 0 Å². The monoisotopic (exact) mass is 306 g/mol. The number of esters is 1. The molecule has 3 aliphatic carbocycles. The Morgan fingerprint density at radius 2 is 1.86 bits per heavy atom. The number of hydrogen-bond donors (Lipinski definition) is 1. The van der Waals surface area contributed by atoms with E-state index in [0.717, 1.165) is 18.3 Å². The molecule has 124 valence electrons. The third-order valence-electron chi connectivity index (χ3n) is 8.00. The summed E-state index contributed by atoms with van der Waals surface area (Å²) in [5, 5.41) is 10.0. The molecule has 4 aliphatic rings. The van der Waals surface area contributed by atoms with Crippen molar-refractivity contribution < 1.29 is 14.6 Å². The number of fused-ring (bicyclic) bond motifs is 5. The van der Waals surface area contributed by atoms with E-state index in [9.17, 15) is 9.90 Å². The molecule has 0 amide bonds. The SMILES string of the molecule is C[C@]12CCCC[C@@H]1CC[C@@H]1[C@@H]2CC[C@]2(C)OC(=O)[C@H](O)C[C@@H]12. The van der Waals surface area contributed by atoms with Crippen LogP contribution in [0.2, 0.25) is 0 Å². The van der Waals surface area contributed by atoms with Gasteiger partial charge in [0.2, 0.25) is 0 Å². The van der Waals surface area contributed by atoms with Crippen LogP contribution in [-0.2, 0) is 9.53 Å². The molecule has 0 bridgehead atoms. The van der Waals surface area contributed by atoms with Crippen molar-refractivity contribution in [2.24, 2.45) is 29.1 Å². The van der Waals surface area contributed by atoms with Crippen molar-refractivity contribution in [1.82, 2.24) is 0 Å².